The first-order valence-electron chi connectivity index (χ1n) is 6.32. The Morgan fingerprint density at radius 3 is 2.62 bits per heavy atom. The monoisotopic (exact) mass is 317 g/mol. The van der Waals surface area contributed by atoms with E-state index in [9.17, 15) is 13.2 Å². The Kier molecular flexibility index (Phi) is 6.13. The molecule has 7 nitrogen and oxygen atoms in total. The number of ether oxygens (including phenoxy) is 1. The predicted octanol–water partition coefficient (Wildman–Crippen LogP) is 1.47. The number of hydrogen-bond acceptors (Lipinski definition) is 5. The highest BCUT2D eigenvalue weighted by Gasteiger charge is 2.30. The zero-order chi connectivity index (χ0) is 16.0. The summed E-state index contributed by atoms with van der Waals surface area (Å²) in [4.78, 5) is 10.8. The summed E-state index contributed by atoms with van der Waals surface area (Å²) in [5.74, 6) is -1.24. The van der Waals surface area contributed by atoms with Gasteiger partial charge in [-0.25, -0.2) is 17.9 Å². The quantitative estimate of drug-likeness (QED) is 0.527. The van der Waals surface area contributed by atoms with Gasteiger partial charge in [0.1, 0.15) is 22.0 Å². The second-order valence-corrected chi connectivity index (χ2v) is 6.02. The molecule has 1 rings (SSSR count). The first-order chi connectivity index (χ1) is 9.81. The molecule has 0 fully saturated rings. The smallest absolute Gasteiger partial charge is 0.340 e. The normalized spacial score (nSPS) is 11.5. The standard InChI is InChI=1S/C13H19NO6S/c1-4-5-7-19-8-6-14-21(17,18)12-10(3)20-9(2)11(12)13(15)16/h4,14H,1,5-8H2,2-3H3,(H,15,16). The van der Waals surface area contributed by atoms with Crippen LogP contribution in [0.1, 0.15) is 28.3 Å². The van der Waals surface area contributed by atoms with Gasteiger partial charge in [-0.05, 0) is 20.3 Å². The van der Waals surface area contributed by atoms with E-state index < -0.39 is 16.0 Å². The molecule has 0 bridgehead atoms. The Balaban J connectivity index is 2.79. The zero-order valence-corrected chi connectivity index (χ0v) is 12.8. The van der Waals surface area contributed by atoms with Crippen molar-refractivity contribution in [3.8, 4) is 0 Å². The van der Waals surface area contributed by atoms with Crippen molar-refractivity contribution >= 4 is 16.0 Å². The molecule has 0 aromatic carbocycles. The van der Waals surface area contributed by atoms with E-state index in [0.29, 0.717) is 13.0 Å². The number of aromatic carboxylic acids is 1. The number of aryl methyl sites for hydroxylation is 2. The molecular formula is C13H19NO6S. The van der Waals surface area contributed by atoms with E-state index in [4.69, 9.17) is 14.3 Å². The van der Waals surface area contributed by atoms with Gasteiger partial charge < -0.3 is 14.3 Å². The van der Waals surface area contributed by atoms with Crippen molar-refractivity contribution in [1.29, 1.82) is 0 Å². The summed E-state index contributed by atoms with van der Waals surface area (Å²) in [7, 11) is -3.96. The van der Waals surface area contributed by atoms with E-state index in [0.717, 1.165) is 0 Å². The van der Waals surface area contributed by atoms with Crippen molar-refractivity contribution in [2.75, 3.05) is 19.8 Å². The highest BCUT2D eigenvalue weighted by atomic mass is 32.2. The molecule has 8 heteroatoms. The van der Waals surface area contributed by atoms with Crippen LogP contribution in [0.5, 0.6) is 0 Å². The number of carboxylic acids is 1. The maximum Gasteiger partial charge on any atom is 0.340 e. The molecule has 0 aliphatic carbocycles. The van der Waals surface area contributed by atoms with Crippen molar-refractivity contribution in [3.05, 3.63) is 29.7 Å². The fourth-order valence-corrected chi connectivity index (χ4v) is 3.24. The second kappa shape index (κ2) is 7.39. The van der Waals surface area contributed by atoms with Crippen LogP contribution in [-0.4, -0.2) is 39.3 Å². The Bertz CT molecular complexity index is 617. The van der Waals surface area contributed by atoms with Gasteiger partial charge in [0, 0.05) is 6.54 Å². The van der Waals surface area contributed by atoms with Gasteiger partial charge in [0.25, 0.3) is 0 Å². The van der Waals surface area contributed by atoms with Crippen molar-refractivity contribution < 1.29 is 27.5 Å². The second-order valence-electron chi connectivity index (χ2n) is 4.31. The molecule has 1 aromatic heterocycles. The Hall–Kier alpha value is -1.64. The molecular weight excluding hydrogens is 298 g/mol. The summed E-state index contributed by atoms with van der Waals surface area (Å²) in [6.07, 6.45) is 2.37. The minimum absolute atomic E-state index is 0.0439. The lowest BCUT2D eigenvalue weighted by molar-refractivity contribution is 0.0691. The number of furan rings is 1. The Morgan fingerprint density at radius 2 is 2.05 bits per heavy atom. The maximum absolute atomic E-state index is 12.2. The summed E-state index contributed by atoms with van der Waals surface area (Å²) in [5.41, 5.74) is -0.340. The fraction of sp³-hybridized carbons (Fsp3) is 0.462. The molecule has 1 aromatic rings. The molecule has 21 heavy (non-hydrogen) atoms. The lowest BCUT2D eigenvalue weighted by Gasteiger charge is -2.07. The van der Waals surface area contributed by atoms with E-state index in [-0.39, 0.29) is 35.1 Å². The molecule has 0 radical (unpaired) electrons. The van der Waals surface area contributed by atoms with E-state index >= 15 is 0 Å². The van der Waals surface area contributed by atoms with Gasteiger partial charge in [-0.15, -0.1) is 6.58 Å². The third kappa shape index (κ3) is 4.42. The third-order valence-corrected chi connectivity index (χ3v) is 4.31. The molecule has 0 saturated carbocycles. The van der Waals surface area contributed by atoms with Crippen LogP contribution in [0.25, 0.3) is 0 Å². The summed E-state index contributed by atoms with van der Waals surface area (Å²) in [6, 6.07) is 0. The third-order valence-electron chi connectivity index (χ3n) is 2.69. The highest BCUT2D eigenvalue weighted by Crippen LogP contribution is 2.26. The van der Waals surface area contributed by atoms with Gasteiger partial charge in [-0.1, -0.05) is 6.08 Å². The predicted molar refractivity (Wildman–Crippen MR) is 76.0 cm³/mol. The van der Waals surface area contributed by atoms with Gasteiger partial charge in [0.2, 0.25) is 10.0 Å². The molecule has 0 aliphatic rings. The number of hydrogen-bond donors (Lipinski definition) is 2. The number of carboxylic acid groups (broad SMARTS) is 1. The molecule has 0 aliphatic heterocycles. The first-order valence-corrected chi connectivity index (χ1v) is 7.81. The van der Waals surface area contributed by atoms with E-state index in [2.05, 4.69) is 11.3 Å². The van der Waals surface area contributed by atoms with Crippen molar-refractivity contribution in [3.63, 3.8) is 0 Å². The van der Waals surface area contributed by atoms with Gasteiger partial charge in [0.15, 0.2) is 0 Å². The van der Waals surface area contributed by atoms with Gasteiger partial charge in [-0.2, -0.15) is 0 Å². The average molecular weight is 317 g/mol. The first kappa shape index (κ1) is 17.4. The van der Waals surface area contributed by atoms with Crippen LogP contribution in [0.2, 0.25) is 0 Å². The van der Waals surface area contributed by atoms with Crippen LogP contribution in [0.4, 0.5) is 0 Å². The summed E-state index contributed by atoms with van der Waals surface area (Å²) < 4.78 is 36.9. The summed E-state index contributed by atoms with van der Waals surface area (Å²) in [6.45, 7) is 7.04. The van der Waals surface area contributed by atoms with Crippen molar-refractivity contribution in [2.45, 2.75) is 25.2 Å². The van der Waals surface area contributed by atoms with E-state index in [1.807, 2.05) is 0 Å². The average Bonchev–Trinajstić information content (AvgIpc) is 2.69. The molecule has 118 valence electrons. The van der Waals surface area contributed by atoms with Crippen LogP contribution in [0.3, 0.4) is 0 Å². The topological polar surface area (TPSA) is 106 Å². The van der Waals surface area contributed by atoms with Crippen LogP contribution < -0.4 is 4.72 Å². The fourth-order valence-electron chi connectivity index (χ4n) is 1.82. The SMILES string of the molecule is C=CCCOCCNS(=O)(=O)c1c(C)oc(C)c1C(=O)O. The minimum atomic E-state index is -3.96. The van der Waals surface area contributed by atoms with Gasteiger partial charge >= 0.3 is 5.97 Å². The Labute approximate surface area is 123 Å². The van der Waals surface area contributed by atoms with Crippen LogP contribution in [-0.2, 0) is 14.8 Å². The van der Waals surface area contributed by atoms with Crippen LogP contribution >= 0.6 is 0 Å². The lowest BCUT2D eigenvalue weighted by atomic mass is 10.2. The number of rotatable bonds is 9. The van der Waals surface area contributed by atoms with E-state index in [1.165, 1.54) is 13.8 Å². The molecule has 0 spiro atoms. The van der Waals surface area contributed by atoms with Crippen LogP contribution in [0, 0.1) is 13.8 Å². The number of nitrogens with one attached hydrogen (secondary N) is 1. The largest absolute Gasteiger partial charge is 0.478 e. The highest BCUT2D eigenvalue weighted by molar-refractivity contribution is 7.89. The van der Waals surface area contributed by atoms with Crippen LogP contribution in [0.15, 0.2) is 22.0 Å². The summed E-state index contributed by atoms with van der Waals surface area (Å²) in [5, 5.41) is 9.11. The van der Waals surface area contributed by atoms with E-state index in [1.54, 1.807) is 6.08 Å². The van der Waals surface area contributed by atoms with Crippen molar-refractivity contribution in [2.24, 2.45) is 0 Å². The molecule has 0 unspecified atom stereocenters. The minimum Gasteiger partial charge on any atom is -0.478 e. The Morgan fingerprint density at radius 1 is 1.38 bits per heavy atom. The summed E-state index contributed by atoms with van der Waals surface area (Å²) >= 11 is 0. The maximum atomic E-state index is 12.2. The molecule has 1 heterocycles. The zero-order valence-electron chi connectivity index (χ0n) is 12.0. The van der Waals surface area contributed by atoms with Gasteiger partial charge in [-0.3, -0.25) is 0 Å². The number of carbonyl (C=O) groups is 1. The molecule has 2 N–H and O–H groups in total. The van der Waals surface area contributed by atoms with Crippen molar-refractivity contribution in [1.82, 2.24) is 4.72 Å². The van der Waals surface area contributed by atoms with Gasteiger partial charge in [0.05, 0.1) is 13.2 Å². The number of sulfonamides is 1. The molecule has 0 saturated heterocycles. The molecule has 0 amide bonds. The lowest BCUT2D eigenvalue weighted by Crippen LogP contribution is -2.29. The molecule has 0 atom stereocenters.